The first-order valence-corrected chi connectivity index (χ1v) is 4.54. The third-order valence-corrected chi connectivity index (χ3v) is 2.30. The normalized spacial score (nSPS) is 19.2. The standard InChI is InChI=1S/C9H18O3/c1-10-9(11-2)7-12-8-5-3-4-6-8/h8-9H,3-7H2,1-2H3. The summed E-state index contributed by atoms with van der Waals surface area (Å²) in [5, 5.41) is 0. The molecule has 0 radical (unpaired) electrons. The molecule has 0 bridgehead atoms. The molecule has 0 saturated heterocycles. The average molecular weight is 174 g/mol. The van der Waals surface area contributed by atoms with E-state index < -0.39 is 0 Å². The van der Waals surface area contributed by atoms with Crippen LogP contribution in [0.3, 0.4) is 0 Å². The Morgan fingerprint density at radius 2 is 1.75 bits per heavy atom. The quantitative estimate of drug-likeness (QED) is 0.592. The van der Waals surface area contributed by atoms with Gasteiger partial charge in [-0.2, -0.15) is 0 Å². The van der Waals surface area contributed by atoms with Crippen molar-refractivity contribution in [1.29, 1.82) is 0 Å². The predicted molar refractivity (Wildman–Crippen MR) is 46.0 cm³/mol. The molecule has 1 aliphatic rings. The number of ether oxygens (including phenoxy) is 3. The van der Waals surface area contributed by atoms with Crippen LogP contribution in [0.4, 0.5) is 0 Å². The van der Waals surface area contributed by atoms with Crippen LogP contribution in [0.25, 0.3) is 0 Å². The Bertz CT molecular complexity index is 104. The third-order valence-electron chi connectivity index (χ3n) is 2.30. The van der Waals surface area contributed by atoms with Crippen LogP contribution in [0.2, 0.25) is 0 Å². The Kier molecular flexibility index (Phi) is 4.58. The van der Waals surface area contributed by atoms with Crippen LogP contribution in [-0.4, -0.2) is 33.2 Å². The summed E-state index contributed by atoms with van der Waals surface area (Å²) in [6.45, 7) is 0.553. The lowest BCUT2D eigenvalue weighted by atomic mass is 10.3. The Hall–Kier alpha value is -0.120. The molecule has 0 atom stereocenters. The van der Waals surface area contributed by atoms with Gasteiger partial charge in [-0.1, -0.05) is 12.8 Å². The molecule has 0 aliphatic heterocycles. The van der Waals surface area contributed by atoms with Gasteiger partial charge in [0, 0.05) is 14.2 Å². The maximum absolute atomic E-state index is 5.60. The highest BCUT2D eigenvalue weighted by atomic mass is 16.7. The molecule has 0 N–H and O–H groups in total. The first kappa shape index (κ1) is 9.96. The fraction of sp³-hybridized carbons (Fsp3) is 1.00. The summed E-state index contributed by atoms with van der Waals surface area (Å²) in [5.74, 6) is 0. The first-order chi connectivity index (χ1) is 5.86. The van der Waals surface area contributed by atoms with E-state index in [1.807, 2.05) is 0 Å². The largest absolute Gasteiger partial charge is 0.373 e. The number of rotatable bonds is 5. The van der Waals surface area contributed by atoms with Crippen LogP contribution in [0.5, 0.6) is 0 Å². The number of methoxy groups -OCH3 is 2. The second-order valence-corrected chi connectivity index (χ2v) is 3.14. The molecule has 0 aromatic carbocycles. The maximum Gasteiger partial charge on any atom is 0.180 e. The van der Waals surface area contributed by atoms with Gasteiger partial charge in [0.2, 0.25) is 0 Å². The molecule has 0 heterocycles. The molecular formula is C9H18O3. The monoisotopic (exact) mass is 174 g/mol. The molecule has 72 valence electrons. The van der Waals surface area contributed by atoms with Crippen molar-refractivity contribution < 1.29 is 14.2 Å². The molecule has 3 nitrogen and oxygen atoms in total. The topological polar surface area (TPSA) is 27.7 Å². The fourth-order valence-electron chi connectivity index (χ4n) is 1.50. The minimum atomic E-state index is -0.203. The summed E-state index contributed by atoms with van der Waals surface area (Å²) in [6.07, 6.45) is 5.23. The van der Waals surface area contributed by atoms with Crippen LogP contribution >= 0.6 is 0 Å². The van der Waals surface area contributed by atoms with E-state index in [-0.39, 0.29) is 6.29 Å². The molecule has 1 saturated carbocycles. The van der Waals surface area contributed by atoms with Crippen molar-refractivity contribution in [2.45, 2.75) is 38.1 Å². The smallest absolute Gasteiger partial charge is 0.180 e. The summed E-state index contributed by atoms with van der Waals surface area (Å²) in [7, 11) is 3.26. The van der Waals surface area contributed by atoms with Gasteiger partial charge in [-0.25, -0.2) is 0 Å². The minimum Gasteiger partial charge on any atom is -0.373 e. The average Bonchev–Trinajstić information content (AvgIpc) is 2.59. The molecule has 1 rings (SSSR count). The van der Waals surface area contributed by atoms with Gasteiger partial charge in [-0.3, -0.25) is 0 Å². The van der Waals surface area contributed by atoms with Crippen LogP contribution < -0.4 is 0 Å². The Morgan fingerprint density at radius 1 is 1.17 bits per heavy atom. The Morgan fingerprint density at radius 3 is 2.25 bits per heavy atom. The third kappa shape index (κ3) is 3.09. The summed E-state index contributed by atoms with van der Waals surface area (Å²) in [6, 6.07) is 0. The second-order valence-electron chi connectivity index (χ2n) is 3.14. The highest BCUT2D eigenvalue weighted by Crippen LogP contribution is 2.21. The number of hydrogen-bond donors (Lipinski definition) is 0. The molecule has 3 heteroatoms. The highest BCUT2D eigenvalue weighted by molar-refractivity contribution is 4.66. The van der Waals surface area contributed by atoms with Crippen molar-refractivity contribution in [3.63, 3.8) is 0 Å². The molecule has 1 fully saturated rings. The predicted octanol–water partition coefficient (Wildman–Crippen LogP) is 1.56. The van der Waals surface area contributed by atoms with E-state index in [1.54, 1.807) is 14.2 Å². The van der Waals surface area contributed by atoms with Gasteiger partial charge in [0.05, 0.1) is 12.7 Å². The molecule has 0 spiro atoms. The summed E-state index contributed by atoms with van der Waals surface area (Å²) in [4.78, 5) is 0. The van der Waals surface area contributed by atoms with Gasteiger partial charge in [-0.15, -0.1) is 0 Å². The molecule has 0 aromatic rings. The summed E-state index contributed by atoms with van der Waals surface area (Å²) < 4.78 is 15.6. The van der Waals surface area contributed by atoms with E-state index in [2.05, 4.69) is 0 Å². The second kappa shape index (κ2) is 5.51. The van der Waals surface area contributed by atoms with Crippen molar-refractivity contribution in [2.24, 2.45) is 0 Å². The van der Waals surface area contributed by atoms with E-state index in [0.29, 0.717) is 12.7 Å². The molecule has 12 heavy (non-hydrogen) atoms. The lowest BCUT2D eigenvalue weighted by Gasteiger charge is -2.16. The SMILES string of the molecule is COC(COC1CCCC1)OC. The van der Waals surface area contributed by atoms with E-state index in [4.69, 9.17) is 14.2 Å². The Labute approximate surface area is 74.0 Å². The summed E-state index contributed by atoms with van der Waals surface area (Å²) >= 11 is 0. The van der Waals surface area contributed by atoms with E-state index in [1.165, 1.54) is 25.7 Å². The van der Waals surface area contributed by atoms with Gasteiger partial charge in [0.1, 0.15) is 0 Å². The number of hydrogen-bond acceptors (Lipinski definition) is 3. The Balaban J connectivity index is 2.06. The van der Waals surface area contributed by atoms with Gasteiger partial charge < -0.3 is 14.2 Å². The lowest BCUT2D eigenvalue weighted by Crippen LogP contribution is -2.23. The van der Waals surface area contributed by atoms with Crippen molar-refractivity contribution in [1.82, 2.24) is 0 Å². The van der Waals surface area contributed by atoms with Crippen LogP contribution in [0.15, 0.2) is 0 Å². The van der Waals surface area contributed by atoms with Gasteiger partial charge in [0.25, 0.3) is 0 Å². The van der Waals surface area contributed by atoms with Gasteiger partial charge in [-0.05, 0) is 12.8 Å². The first-order valence-electron chi connectivity index (χ1n) is 4.54. The van der Waals surface area contributed by atoms with Crippen molar-refractivity contribution >= 4 is 0 Å². The van der Waals surface area contributed by atoms with E-state index >= 15 is 0 Å². The molecule has 0 amide bonds. The van der Waals surface area contributed by atoms with Gasteiger partial charge >= 0.3 is 0 Å². The van der Waals surface area contributed by atoms with Crippen molar-refractivity contribution in [3.05, 3.63) is 0 Å². The zero-order valence-electron chi connectivity index (χ0n) is 7.91. The molecule has 0 unspecified atom stereocenters. The van der Waals surface area contributed by atoms with E-state index in [9.17, 15) is 0 Å². The zero-order valence-corrected chi connectivity index (χ0v) is 7.91. The molecule has 1 aliphatic carbocycles. The molecule has 0 aromatic heterocycles. The molecular weight excluding hydrogens is 156 g/mol. The van der Waals surface area contributed by atoms with Crippen LogP contribution in [0, 0.1) is 0 Å². The maximum atomic E-state index is 5.60. The van der Waals surface area contributed by atoms with Crippen LogP contribution in [0.1, 0.15) is 25.7 Å². The lowest BCUT2D eigenvalue weighted by molar-refractivity contribution is -0.150. The fourth-order valence-corrected chi connectivity index (χ4v) is 1.50. The highest BCUT2D eigenvalue weighted by Gasteiger charge is 2.17. The zero-order chi connectivity index (χ0) is 8.81. The van der Waals surface area contributed by atoms with E-state index in [0.717, 1.165) is 0 Å². The van der Waals surface area contributed by atoms with Gasteiger partial charge in [0.15, 0.2) is 6.29 Å². The van der Waals surface area contributed by atoms with Crippen molar-refractivity contribution in [2.75, 3.05) is 20.8 Å². The minimum absolute atomic E-state index is 0.203. The van der Waals surface area contributed by atoms with Crippen molar-refractivity contribution in [3.8, 4) is 0 Å². The van der Waals surface area contributed by atoms with Crippen LogP contribution in [-0.2, 0) is 14.2 Å². The summed E-state index contributed by atoms with van der Waals surface area (Å²) in [5.41, 5.74) is 0.